The van der Waals surface area contributed by atoms with Crippen LogP contribution >= 0.6 is 11.8 Å². The lowest BCUT2D eigenvalue weighted by molar-refractivity contribution is -0.118. The van der Waals surface area contributed by atoms with E-state index in [1.807, 2.05) is 30.3 Å². The fraction of sp³-hybridized carbons (Fsp3) is 0.412. The van der Waals surface area contributed by atoms with Crippen LogP contribution < -0.4 is 19.5 Å². The van der Waals surface area contributed by atoms with Gasteiger partial charge in [0, 0.05) is 41.8 Å². The Labute approximate surface area is 271 Å². The second-order valence-corrected chi connectivity index (χ2v) is 12.6. The molecular formula is C34H37F3N4O4S. The molecule has 1 amide bonds. The van der Waals surface area contributed by atoms with Crippen molar-refractivity contribution in [1.82, 2.24) is 9.80 Å². The summed E-state index contributed by atoms with van der Waals surface area (Å²) in [6.07, 6.45) is 3.58. The van der Waals surface area contributed by atoms with Gasteiger partial charge in [-0.15, -0.1) is 0 Å². The van der Waals surface area contributed by atoms with Crippen molar-refractivity contribution in [2.75, 3.05) is 45.7 Å². The van der Waals surface area contributed by atoms with Gasteiger partial charge >= 0.3 is 5.51 Å². The zero-order valence-corrected chi connectivity index (χ0v) is 26.6. The molecule has 2 fully saturated rings. The highest BCUT2D eigenvalue weighted by Gasteiger charge is 2.40. The second kappa shape index (κ2) is 15.1. The number of halogens is 3. The number of benzene rings is 3. The molecule has 2 aliphatic heterocycles. The summed E-state index contributed by atoms with van der Waals surface area (Å²) in [4.78, 5) is 17.6. The van der Waals surface area contributed by atoms with Crippen LogP contribution in [0.5, 0.6) is 17.2 Å². The fourth-order valence-electron chi connectivity index (χ4n) is 6.29. The van der Waals surface area contributed by atoms with E-state index in [0.29, 0.717) is 40.6 Å². The monoisotopic (exact) mass is 654 g/mol. The average molecular weight is 655 g/mol. The molecule has 1 N–H and O–H groups in total. The maximum Gasteiger partial charge on any atom is 0.446 e. The van der Waals surface area contributed by atoms with Gasteiger partial charge in [0.1, 0.15) is 11.9 Å². The number of carbonyl (C=O) groups is 1. The van der Waals surface area contributed by atoms with Gasteiger partial charge in [-0.3, -0.25) is 14.6 Å². The fourth-order valence-corrected chi connectivity index (χ4v) is 6.83. The molecule has 244 valence electrons. The van der Waals surface area contributed by atoms with Crippen LogP contribution in [0.25, 0.3) is 0 Å². The molecular weight excluding hydrogens is 617 g/mol. The van der Waals surface area contributed by atoms with E-state index in [9.17, 15) is 23.2 Å². The molecule has 46 heavy (non-hydrogen) atoms. The molecule has 3 aromatic carbocycles. The highest BCUT2D eigenvalue weighted by atomic mass is 32.2. The first-order valence-corrected chi connectivity index (χ1v) is 16.0. The summed E-state index contributed by atoms with van der Waals surface area (Å²) >= 11 is -0.178. The minimum Gasteiger partial charge on any atom is -0.493 e. The number of methoxy groups -OCH3 is 2. The third-order valence-corrected chi connectivity index (χ3v) is 9.11. The predicted molar refractivity (Wildman–Crippen MR) is 170 cm³/mol. The Balaban J connectivity index is 1.15. The van der Waals surface area contributed by atoms with Crippen LogP contribution in [-0.2, 0) is 4.79 Å². The quantitative estimate of drug-likeness (QED) is 0.200. The molecule has 2 aliphatic rings. The molecule has 12 heteroatoms. The van der Waals surface area contributed by atoms with E-state index in [0.717, 1.165) is 50.9 Å². The van der Waals surface area contributed by atoms with Crippen LogP contribution in [0.1, 0.15) is 42.9 Å². The van der Waals surface area contributed by atoms with E-state index in [1.54, 1.807) is 26.4 Å². The average Bonchev–Trinajstić information content (AvgIpc) is 3.27. The molecule has 2 saturated heterocycles. The highest BCUT2D eigenvalue weighted by Crippen LogP contribution is 2.38. The first kappa shape index (κ1) is 33.4. The van der Waals surface area contributed by atoms with Crippen molar-refractivity contribution in [2.45, 2.75) is 54.3 Å². The lowest BCUT2D eigenvalue weighted by Crippen LogP contribution is -2.55. The number of thioether (sulfide) groups is 1. The summed E-state index contributed by atoms with van der Waals surface area (Å²) in [6.45, 7) is 2.71. The number of amides is 1. The molecule has 0 spiro atoms. The number of carbonyl (C=O) groups excluding carboxylic acids is 1. The Morgan fingerprint density at radius 3 is 2.28 bits per heavy atom. The normalized spacial score (nSPS) is 18.9. The lowest BCUT2D eigenvalue weighted by atomic mass is 10.0. The molecule has 0 saturated carbocycles. The zero-order valence-electron chi connectivity index (χ0n) is 25.8. The van der Waals surface area contributed by atoms with E-state index in [1.165, 1.54) is 24.3 Å². The van der Waals surface area contributed by atoms with Crippen LogP contribution in [0.15, 0.2) is 71.6 Å². The Bertz CT molecular complexity index is 1500. The first-order chi connectivity index (χ1) is 22.1. The number of alkyl halides is 3. The summed E-state index contributed by atoms with van der Waals surface area (Å²) in [5.41, 5.74) is -2.29. The van der Waals surface area contributed by atoms with E-state index in [-0.39, 0.29) is 35.2 Å². The first-order valence-electron chi connectivity index (χ1n) is 15.2. The maximum absolute atomic E-state index is 12.8. The van der Waals surface area contributed by atoms with Crippen LogP contribution in [-0.4, -0.2) is 73.7 Å². The molecule has 3 unspecified atom stereocenters. The van der Waals surface area contributed by atoms with Crippen molar-refractivity contribution in [3.63, 3.8) is 0 Å². The van der Waals surface area contributed by atoms with Gasteiger partial charge in [0.25, 0.3) is 0 Å². The van der Waals surface area contributed by atoms with Gasteiger partial charge in [-0.2, -0.15) is 18.4 Å². The molecule has 5 rings (SSSR count). The number of ether oxygens (including phenoxy) is 3. The summed E-state index contributed by atoms with van der Waals surface area (Å²) in [5.74, 6) is 1.69. The van der Waals surface area contributed by atoms with Crippen molar-refractivity contribution in [2.24, 2.45) is 0 Å². The van der Waals surface area contributed by atoms with Gasteiger partial charge in [0.05, 0.1) is 32.4 Å². The summed E-state index contributed by atoms with van der Waals surface area (Å²) in [5, 5.41) is 12.1. The van der Waals surface area contributed by atoms with Crippen LogP contribution in [0.2, 0.25) is 0 Å². The number of fused-ring (bicyclic) bond motifs is 2. The topological polar surface area (TPSA) is 87.1 Å². The molecule has 0 aliphatic carbocycles. The van der Waals surface area contributed by atoms with Crippen molar-refractivity contribution < 1.29 is 32.2 Å². The van der Waals surface area contributed by atoms with Crippen molar-refractivity contribution in [3.05, 3.63) is 77.9 Å². The van der Waals surface area contributed by atoms with Crippen LogP contribution in [0, 0.1) is 11.3 Å². The SMILES string of the molecule is COc1ccc(OC(CCCN2C3CCC2CN(CC(=O)Nc2ccc(SC(F)(F)F)cc2)C3)c2ccc(C#N)cc2)cc1OC. The number of nitrogens with one attached hydrogen (secondary N) is 1. The molecule has 2 bridgehead atoms. The van der Waals surface area contributed by atoms with Gasteiger partial charge in [-0.25, -0.2) is 0 Å². The maximum atomic E-state index is 12.8. The number of rotatable bonds is 13. The van der Waals surface area contributed by atoms with E-state index >= 15 is 0 Å². The minimum absolute atomic E-state index is 0.0777. The van der Waals surface area contributed by atoms with E-state index in [4.69, 9.17) is 14.2 Å². The van der Waals surface area contributed by atoms with Gasteiger partial charge in [0.2, 0.25) is 5.91 Å². The highest BCUT2D eigenvalue weighted by molar-refractivity contribution is 8.00. The number of hydrogen-bond donors (Lipinski definition) is 1. The number of nitrogens with zero attached hydrogens (tertiary/aromatic N) is 3. The van der Waals surface area contributed by atoms with Crippen LogP contribution in [0.4, 0.5) is 18.9 Å². The number of piperazine rings is 1. The van der Waals surface area contributed by atoms with E-state index < -0.39 is 5.51 Å². The van der Waals surface area contributed by atoms with Gasteiger partial charge in [-0.1, -0.05) is 12.1 Å². The standard InChI is InChI=1S/C34H37F3N4O4S/c1-43-31-16-13-28(18-32(31)44-2)45-30(24-7-5-23(19-38)6-8-24)4-3-17-41-26-11-12-27(41)21-40(20-26)22-33(42)39-25-9-14-29(15-10-25)46-34(35,36)37/h5-10,13-16,18,26-27,30H,3-4,11-12,17,20-22H2,1-2H3,(H,39,42). The molecule has 2 heterocycles. The summed E-state index contributed by atoms with van der Waals surface area (Å²) in [6, 6.07) is 21.5. The predicted octanol–water partition coefficient (Wildman–Crippen LogP) is 6.87. The van der Waals surface area contributed by atoms with Gasteiger partial charge in [0.15, 0.2) is 11.5 Å². The van der Waals surface area contributed by atoms with Crippen LogP contribution in [0.3, 0.4) is 0 Å². The minimum atomic E-state index is -4.35. The zero-order chi connectivity index (χ0) is 32.7. The Kier molecular flexibility index (Phi) is 11.0. The Morgan fingerprint density at radius 1 is 1.00 bits per heavy atom. The third kappa shape index (κ3) is 8.87. The van der Waals surface area contributed by atoms with Crippen molar-refractivity contribution in [3.8, 4) is 23.3 Å². The Hall–Kier alpha value is -3.92. The van der Waals surface area contributed by atoms with Crippen molar-refractivity contribution >= 4 is 23.4 Å². The van der Waals surface area contributed by atoms with Gasteiger partial charge in [-0.05, 0) is 98.1 Å². The largest absolute Gasteiger partial charge is 0.493 e. The number of nitriles is 1. The lowest BCUT2D eigenvalue weighted by Gasteiger charge is -2.41. The molecule has 0 radical (unpaired) electrons. The smallest absolute Gasteiger partial charge is 0.446 e. The van der Waals surface area contributed by atoms with Crippen molar-refractivity contribution in [1.29, 1.82) is 5.26 Å². The van der Waals surface area contributed by atoms with E-state index in [2.05, 4.69) is 21.2 Å². The van der Waals surface area contributed by atoms with Gasteiger partial charge < -0.3 is 19.5 Å². The number of anilines is 1. The Morgan fingerprint density at radius 2 is 1.67 bits per heavy atom. The summed E-state index contributed by atoms with van der Waals surface area (Å²) in [7, 11) is 3.17. The number of hydrogen-bond acceptors (Lipinski definition) is 8. The summed E-state index contributed by atoms with van der Waals surface area (Å²) < 4.78 is 55.1. The molecule has 8 nitrogen and oxygen atoms in total. The molecule has 3 atom stereocenters. The molecule has 3 aromatic rings. The molecule has 0 aromatic heterocycles. The number of likely N-dealkylation sites (tertiary alicyclic amines) is 1. The second-order valence-electron chi connectivity index (χ2n) is 11.4. The third-order valence-electron chi connectivity index (χ3n) is 8.38.